The molecular weight excluding hydrogens is 345 g/mol. The molecule has 136 valence electrons. The summed E-state index contributed by atoms with van der Waals surface area (Å²) in [6.07, 6.45) is 0.684. The van der Waals surface area contributed by atoms with Gasteiger partial charge in [-0.15, -0.1) is 0 Å². The molecular formula is C22H18FNO3. The lowest BCUT2D eigenvalue weighted by atomic mass is 10.0. The van der Waals surface area contributed by atoms with Crippen LogP contribution in [0.2, 0.25) is 0 Å². The number of aliphatic hydroxyl groups excluding tert-OH is 1. The molecule has 0 saturated heterocycles. The number of carbonyl (C=O) groups is 2. The van der Waals surface area contributed by atoms with Gasteiger partial charge in [0, 0.05) is 23.2 Å². The lowest BCUT2D eigenvalue weighted by Gasteiger charge is -2.10. The Balaban J connectivity index is 1.77. The fraction of sp³-hybridized carbons (Fsp3) is 0.0909. The largest absolute Gasteiger partial charge is 0.392 e. The first-order valence-corrected chi connectivity index (χ1v) is 8.43. The van der Waals surface area contributed by atoms with E-state index in [9.17, 15) is 19.1 Å². The Morgan fingerprint density at radius 3 is 2.59 bits per heavy atom. The van der Waals surface area contributed by atoms with Gasteiger partial charge in [-0.25, -0.2) is 4.39 Å². The van der Waals surface area contributed by atoms with Gasteiger partial charge in [-0.05, 0) is 47.0 Å². The number of benzene rings is 3. The van der Waals surface area contributed by atoms with Crippen molar-refractivity contribution in [2.45, 2.75) is 13.2 Å². The quantitative estimate of drug-likeness (QED) is 0.656. The third kappa shape index (κ3) is 4.46. The van der Waals surface area contributed by atoms with Crippen molar-refractivity contribution >= 4 is 12.2 Å². The van der Waals surface area contributed by atoms with Crippen LogP contribution in [0.4, 0.5) is 4.39 Å². The van der Waals surface area contributed by atoms with Gasteiger partial charge in [0.1, 0.15) is 12.1 Å². The lowest BCUT2D eigenvalue weighted by Crippen LogP contribution is -2.22. The number of hydrogen-bond acceptors (Lipinski definition) is 3. The summed E-state index contributed by atoms with van der Waals surface area (Å²) >= 11 is 0. The molecule has 3 rings (SSSR count). The molecule has 0 heterocycles. The van der Waals surface area contributed by atoms with Crippen LogP contribution in [0.25, 0.3) is 11.1 Å². The smallest absolute Gasteiger partial charge is 0.251 e. The highest BCUT2D eigenvalue weighted by molar-refractivity contribution is 5.95. The second-order valence-electron chi connectivity index (χ2n) is 6.10. The van der Waals surface area contributed by atoms with Crippen LogP contribution in [0.3, 0.4) is 0 Å². The highest BCUT2D eigenvalue weighted by Gasteiger charge is 2.10. The van der Waals surface area contributed by atoms with Crippen molar-refractivity contribution in [3.05, 3.63) is 94.8 Å². The van der Waals surface area contributed by atoms with E-state index in [0.717, 1.165) is 5.56 Å². The first-order valence-electron chi connectivity index (χ1n) is 8.43. The number of halogens is 1. The summed E-state index contributed by atoms with van der Waals surface area (Å²) in [5.41, 5.74) is 3.31. The molecule has 4 nitrogen and oxygen atoms in total. The number of nitrogens with one attached hydrogen (secondary N) is 1. The zero-order valence-corrected chi connectivity index (χ0v) is 14.5. The highest BCUT2D eigenvalue weighted by atomic mass is 19.1. The van der Waals surface area contributed by atoms with Crippen molar-refractivity contribution in [2.75, 3.05) is 0 Å². The van der Waals surface area contributed by atoms with Gasteiger partial charge in [-0.1, -0.05) is 36.4 Å². The number of carbonyl (C=O) groups excluding carboxylic acids is 2. The molecule has 0 radical (unpaired) electrons. The van der Waals surface area contributed by atoms with Crippen LogP contribution < -0.4 is 5.32 Å². The van der Waals surface area contributed by atoms with E-state index in [2.05, 4.69) is 5.32 Å². The highest BCUT2D eigenvalue weighted by Crippen LogP contribution is 2.25. The van der Waals surface area contributed by atoms with Crippen LogP contribution in [0.1, 0.15) is 31.8 Å². The molecule has 0 atom stereocenters. The minimum atomic E-state index is -0.376. The van der Waals surface area contributed by atoms with E-state index in [1.54, 1.807) is 54.6 Å². The SMILES string of the molecule is O=Cc1cccc(C(=O)NCc2ccc(F)c(-c3cccc(CO)c3)c2)c1. The van der Waals surface area contributed by atoms with Gasteiger partial charge in [0.25, 0.3) is 5.91 Å². The second-order valence-corrected chi connectivity index (χ2v) is 6.10. The van der Waals surface area contributed by atoms with Crippen molar-refractivity contribution in [3.8, 4) is 11.1 Å². The van der Waals surface area contributed by atoms with Crippen molar-refractivity contribution < 1.29 is 19.1 Å². The normalized spacial score (nSPS) is 10.4. The van der Waals surface area contributed by atoms with E-state index in [4.69, 9.17) is 0 Å². The monoisotopic (exact) mass is 363 g/mol. The Labute approximate surface area is 156 Å². The van der Waals surface area contributed by atoms with Crippen molar-refractivity contribution in [2.24, 2.45) is 0 Å². The minimum Gasteiger partial charge on any atom is -0.392 e. The molecule has 0 aromatic heterocycles. The van der Waals surface area contributed by atoms with E-state index in [1.165, 1.54) is 12.1 Å². The number of aldehydes is 1. The minimum absolute atomic E-state index is 0.120. The number of hydrogen-bond donors (Lipinski definition) is 2. The molecule has 1 amide bonds. The standard InChI is InChI=1S/C22H18FNO3/c23-21-8-7-15(11-20(21)18-5-1-3-16(9-18)13-25)12-24-22(27)19-6-2-4-17(10-19)14-26/h1-11,14,25H,12-13H2,(H,24,27). The Morgan fingerprint density at radius 1 is 1.00 bits per heavy atom. The maximum absolute atomic E-state index is 14.3. The summed E-state index contributed by atoms with van der Waals surface area (Å²) < 4.78 is 14.3. The van der Waals surface area contributed by atoms with E-state index in [0.29, 0.717) is 34.1 Å². The van der Waals surface area contributed by atoms with E-state index in [-0.39, 0.29) is 24.9 Å². The molecule has 0 aliphatic rings. The predicted octanol–water partition coefficient (Wildman–Crippen LogP) is 3.73. The van der Waals surface area contributed by atoms with Gasteiger partial charge in [0.15, 0.2) is 0 Å². The average molecular weight is 363 g/mol. The zero-order chi connectivity index (χ0) is 19.2. The van der Waals surface area contributed by atoms with Gasteiger partial charge < -0.3 is 10.4 Å². The first kappa shape index (κ1) is 18.5. The van der Waals surface area contributed by atoms with Crippen LogP contribution >= 0.6 is 0 Å². The first-order chi connectivity index (χ1) is 13.1. The Morgan fingerprint density at radius 2 is 1.81 bits per heavy atom. The van der Waals surface area contributed by atoms with E-state index < -0.39 is 0 Å². The summed E-state index contributed by atoms with van der Waals surface area (Å²) in [7, 11) is 0. The van der Waals surface area contributed by atoms with Crippen LogP contribution in [0, 0.1) is 5.82 Å². The Bertz CT molecular complexity index is 985. The van der Waals surface area contributed by atoms with Gasteiger partial charge in [0.05, 0.1) is 6.61 Å². The van der Waals surface area contributed by atoms with Crippen LogP contribution in [-0.4, -0.2) is 17.3 Å². The Kier molecular flexibility index (Phi) is 5.74. The zero-order valence-electron chi connectivity index (χ0n) is 14.5. The summed E-state index contributed by atoms with van der Waals surface area (Å²) in [5, 5.41) is 12.0. The molecule has 27 heavy (non-hydrogen) atoms. The van der Waals surface area contributed by atoms with Gasteiger partial charge in [0.2, 0.25) is 0 Å². The fourth-order valence-corrected chi connectivity index (χ4v) is 2.78. The number of rotatable bonds is 6. The topological polar surface area (TPSA) is 66.4 Å². The van der Waals surface area contributed by atoms with Gasteiger partial charge in [-0.3, -0.25) is 9.59 Å². The maximum atomic E-state index is 14.3. The third-order valence-corrected chi connectivity index (χ3v) is 4.19. The van der Waals surface area contributed by atoms with Gasteiger partial charge >= 0.3 is 0 Å². The second kappa shape index (κ2) is 8.38. The van der Waals surface area contributed by atoms with Crippen LogP contribution in [0.15, 0.2) is 66.7 Å². The molecule has 0 fully saturated rings. The number of aliphatic hydroxyl groups is 1. The van der Waals surface area contributed by atoms with Crippen molar-refractivity contribution in [1.82, 2.24) is 5.32 Å². The molecule has 0 unspecified atom stereocenters. The molecule has 0 saturated carbocycles. The van der Waals surface area contributed by atoms with Crippen molar-refractivity contribution in [3.63, 3.8) is 0 Å². The molecule has 5 heteroatoms. The molecule has 0 spiro atoms. The lowest BCUT2D eigenvalue weighted by molar-refractivity contribution is 0.0951. The van der Waals surface area contributed by atoms with E-state index >= 15 is 0 Å². The Hall–Kier alpha value is -3.31. The summed E-state index contributed by atoms with van der Waals surface area (Å²) in [6, 6.07) is 18.1. The third-order valence-electron chi connectivity index (χ3n) is 4.19. The van der Waals surface area contributed by atoms with E-state index in [1.807, 2.05) is 0 Å². The van der Waals surface area contributed by atoms with Crippen molar-refractivity contribution in [1.29, 1.82) is 0 Å². The molecule has 3 aromatic carbocycles. The maximum Gasteiger partial charge on any atom is 0.251 e. The van der Waals surface area contributed by atoms with Crippen LogP contribution in [-0.2, 0) is 13.2 Å². The summed E-state index contributed by atoms with van der Waals surface area (Å²) in [4.78, 5) is 23.1. The molecule has 0 aliphatic heterocycles. The summed E-state index contributed by atoms with van der Waals surface area (Å²) in [5.74, 6) is -0.689. The summed E-state index contributed by atoms with van der Waals surface area (Å²) in [6.45, 7) is 0.0994. The number of amides is 1. The molecule has 0 bridgehead atoms. The molecule has 0 aliphatic carbocycles. The molecule has 2 N–H and O–H groups in total. The van der Waals surface area contributed by atoms with Gasteiger partial charge in [-0.2, -0.15) is 0 Å². The molecule has 3 aromatic rings. The van der Waals surface area contributed by atoms with Crippen LogP contribution in [0.5, 0.6) is 0 Å². The average Bonchev–Trinajstić information content (AvgIpc) is 2.73. The fourth-order valence-electron chi connectivity index (χ4n) is 2.78. The predicted molar refractivity (Wildman–Crippen MR) is 101 cm³/mol.